The zero-order valence-corrected chi connectivity index (χ0v) is 9.25. The predicted octanol–water partition coefficient (Wildman–Crippen LogP) is 0.951. The third-order valence-corrected chi connectivity index (χ3v) is 2.74. The molecule has 0 aromatic heterocycles. The van der Waals surface area contributed by atoms with Crippen LogP contribution in [0, 0.1) is 10.1 Å². The lowest BCUT2D eigenvalue weighted by molar-refractivity contribution is -0.410. The van der Waals surface area contributed by atoms with Crippen molar-refractivity contribution >= 4 is 17.7 Å². The van der Waals surface area contributed by atoms with Crippen molar-refractivity contribution in [3.63, 3.8) is 0 Å². The lowest BCUT2D eigenvalue weighted by Crippen LogP contribution is -2.20. The average molecular weight is 246 g/mol. The summed E-state index contributed by atoms with van der Waals surface area (Å²) >= 11 is 1.01. The molecule has 16 heavy (non-hydrogen) atoms. The highest BCUT2D eigenvalue weighted by atomic mass is 32.2. The van der Waals surface area contributed by atoms with Crippen LogP contribution in [0.5, 0.6) is 0 Å². The second kappa shape index (κ2) is 5.45. The quantitative estimate of drug-likeness (QED) is 0.439. The molecule has 0 aromatic carbocycles. The summed E-state index contributed by atoms with van der Waals surface area (Å²) in [6, 6.07) is 0. The summed E-state index contributed by atoms with van der Waals surface area (Å²) in [6.45, 7) is -0.254. The molecular weight excluding hydrogens is 236 g/mol. The van der Waals surface area contributed by atoms with Crippen molar-refractivity contribution in [3.05, 3.63) is 21.2 Å². The smallest absolute Gasteiger partial charge is 0.324 e. The number of carboxylic acid groups (broad SMARTS) is 1. The highest BCUT2D eigenvalue weighted by Crippen LogP contribution is 2.33. The Hall–Kier alpha value is -1.64. The number of aliphatic carboxylic acids is 1. The first-order valence-corrected chi connectivity index (χ1v) is 5.22. The van der Waals surface area contributed by atoms with Gasteiger partial charge < -0.3 is 5.11 Å². The first kappa shape index (κ1) is 12.4. The van der Waals surface area contributed by atoms with Crippen molar-refractivity contribution in [2.24, 2.45) is 10.3 Å². The van der Waals surface area contributed by atoms with Gasteiger partial charge in [-0.1, -0.05) is 5.22 Å². The Morgan fingerprint density at radius 1 is 1.88 bits per heavy atom. The lowest BCUT2D eigenvalue weighted by atomic mass is 10.4. The molecule has 1 aliphatic rings. The molecule has 1 rings (SSSR count). The Kier molecular flexibility index (Phi) is 4.23. The van der Waals surface area contributed by atoms with E-state index in [-0.39, 0.29) is 16.9 Å². The van der Waals surface area contributed by atoms with Crippen molar-refractivity contribution < 1.29 is 14.8 Å². The van der Waals surface area contributed by atoms with Crippen LogP contribution in [-0.2, 0) is 4.79 Å². The second-order valence-corrected chi connectivity index (χ2v) is 4.22. The minimum atomic E-state index is -1.01. The molecule has 0 aliphatic carbocycles. The van der Waals surface area contributed by atoms with Gasteiger partial charge in [-0.05, 0) is 11.8 Å². The van der Waals surface area contributed by atoms with E-state index in [1.54, 1.807) is 0 Å². The molecule has 9 heteroatoms. The van der Waals surface area contributed by atoms with Gasteiger partial charge in [0.25, 0.3) is 0 Å². The molecule has 0 aromatic rings. The van der Waals surface area contributed by atoms with E-state index < -0.39 is 10.9 Å². The number of thioether (sulfide) groups is 1. The van der Waals surface area contributed by atoms with E-state index in [2.05, 4.69) is 10.3 Å². The number of hydrogen-bond acceptors (Lipinski definition) is 6. The average Bonchev–Trinajstić information content (AvgIpc) is 2.61. The summed E-state index contributed by atoms with van der Waals surface area (Å²) in [7, 11) is 1.47. The third-order valence-electron chi connectivity index (χ3n) is 1.63. The van der Waals surface area contributed by atoms with Gasteiger partial charge in [-0.2, -0.15) is 5.11 Å². The summed E-state index contributed by atoms with van der Waals surface area (Å²) in [6.07, 6.45) is 1.91. The van der Waals surface area contributed by atoms with Crippen LogP contribution in [0.2, 0.25) is 0 Å². The zero-order valence-electron chi connectivity index (χ0n) is 8.44. The predicted molar refractivity (Wildman–Crippen MR) is 56.2 cm³/mol. The molecule has 0 bridgehead atoms. The van der Waals surface area contributed by atoms with Gasteiger partial charge in [-0.3, -0.25) is 19.9 Å². The Morgan fingerprint density at radius 2 is 2.56 bits per heavy atom. The molecule has 1 aliphatic heterocycles. The molecule has 1 N–H and O–H groups in total. The number of carbonyl (C=O) groups is 1. The first-order valence-electron chi connectivity index (χ1n) is 4.34. The van der Waals surface area contributed by atoms with Crippen LogP contribution in [0.25, 0.3) is 0 Å². The third kappa shape index (κ3) is 3.85. The van der Waals surface area contributed by atoms with Gasteiger partial charge in [0.1, 0.15) is 11.9 Å². The van der Waals surface area contributed by atoms with Gasteiger partial charge in [0, 0.05) is 19.5 Å². The molecule has 1 heterocycles. The topological polar surface area (TPSA) is 108 Å². The van der Waals surface area contributed by atoms with E-state index in [1.807, 2.05) is 0 Å². The summed E-state index contributed by atoms with van der Waals surface area (Å²) < 4.78 is 0. The fourth-order valence-electron chi connectivity index (χ4n) is 0.999. The number of hydrogen-bond donors (Lipinski definition) is 1. The van der Waals surface area contributed by atoms with Gasteiger partial charge in [0.2, 0.25) is 0 Å². The Morgan fingerprint density at radius 3 is 3.06 bits per heavy atom. The van der Waals surface area contributed by atoms with E-state index in [0.717, 1.165) is 16.8 Å². The summed E-state index contributed by atoms with van der Waals surface area (Å²) in [4.78, 5) is 20.2. The largest absolute Gasteiger partial charge is 0.480 e. The van der Waals surface area contributed by atoms with Crippen molar-refractivity contribution in [3.8, 4) is 0 Å². The van der Waals surface area contributed by atoms with E-state index in [1.165, 1.54) is 13.1 Å². The minimum absolute atomic E-state index is 0.0600. The molecule has 1 unspecified atom stereocenters. The van der Waals surface area contributed by atoms with Crippen molar-refractivity contribution in [1.29, 1.82) is 0 Å². The number of nitrogens with zero attached hydrogens (tertiary/aromatic N) is 4. The molecule has 1 atom stereocenters. The fraction of sp³-hybridized carbons (Fsp3) is 0.571. The Balaban J connectivity index is 2.38. The molecule has 0 saturated carbocycles. The van der Waals surface area contributed by atoms with E-state index in [4.69, 9.17) is 5.11 Å². The van der Waals surface area contributed by atoms with Gasteiger partial charge in [0.15, 0.2) is 0 Å². The van der Waals surface area contributed by atoms with Crippen molar-refractivity contribution in [2.45, 2.75) is 11.8 Å². The minimum Gasteiger partial charge on any atom is -0.480 e. The zero-order chi connectivity index (χ0) is 12.1. The molecule has 8 nitrogen and oxygen atoms in total. The number of nitro groups is 1. The second-order valence-electron chi connectivity index (χ2n) is 3.02. The van der Waals surface area contributed by atoms with Crippen LogP contribution in [-0.4, -0.2) is 40.0 Å². The van der Waals surface area contributed by atoms with Crippen LogP contribution in [0.3, 0.4) is 0 Å². The van der Waals surface area contributed by atoms with Crippen LogP contribution in [0.1, 0.15) is 6.42 Å². The van der Waals surface area contributed by atoms with Gasteiger partial charge in [-0.15, -0.1) is 0 Å². The van der Waals surface area contributed by atoms with Crippen LogP contribution in [0.4, 0.5) is 0 Å². The number of likely N-dealkylation sites (N-methyl/N-ethyl adjacent to an activating group) is 1. The monoisotopic (exact) mass is 246 g/mol. The van der Waals surface area contributed by atoms with Crippen molar-refractivity contribution in [2.75, 3.05) is 13.6 Å². The SMILES string of the molecule is CN(CC(=O)O)N=NC1CC=C([N+](=O)[O-])S1. The fourth-order valence-corrected chi connectivity index (χ4v) is 1.84. The molecule has 0 amide bonds. The molecule has 0 fully saturated rings. The van der Waals surface area contributed by atoms with E-state index in [0.29, 0.717) is 6.42 Å². The molecule has 0 radical (unpaired) electrons. The van der Waals surface area contributed by atoms with Crippen molar-refractivity contribution in [1.82, 2.24) is 5.01 Å². The molecule has 88 valence electrons. The molecule has 0 spiro atoms. The van der Waals surface area contributed by atoms with Crippen LogP contribution in [0.15, 0.2) is 21.4 Å². The van der Waals surface area contributed by atoms with E-state index in [9.17, 15) is 14.9 Å². The van der Waals surface area contributed by atoms with Crippen LogP contribution >= 0.6 is 11.8 Å². The number of carboxylic acids is 1. The standard InChI is InChI=1S/C7H10N4O4S/c1-10(4-7(12)13)9-8-5-2-3-6(16-5)11(14)15/h3,5H,2,4H2,1H3,(H,12,13). The summed E-state index contributed by atoms with van der Waals surface area (Å²) in [5, 5.41) is 27.2. The highest BCUT2D eigenvalue weighted by molar-refractivity contribution is 8.03. The first-order chi connectivity index (χ1) is 7.49. The van der Waals surface area contributed by atoms with Gasteiger partial charge in [0.05, 0.1) is 4.92 Å². The Bertz CT molecular complexity index is 356. The van der Waals surface area contributed by atoms with Gasteiger partial charge >= 0.3 is 11.0 Å². The normalized spacial score (nSPS) is 19.8. The maximum Gasteiger partial charge on any atom is 0.324 e. The van der Waals surface area contributed by atoms with Crippen LogP contribution < -0.4 is 0 Å². The molecular formula is C7H10N4O4S. The van der Waals surface area contributed by atoms with E-state index >= 15 is 0 Å². The van der Waals surface area contributed by atoms with Gasteiger partial charge in [-0.25, -0.2) is 0 Å². The summed E-state index contributed by atoms with van der Waals surface area (Å²) in [5.41, 5.74) is 0. The molecule has 0 saturated heterocycles. The maximum absolute atomic E-state index is 10.4. The lowest BCUT2D eigenvalue weighted by Gasteiger charge is -2.08. The maximum atomic E-state index is 10.4. The summed E-state index contributed by atoms with van der Waals surface area (Å²) in [5.74, 6) is -1.01. The Labute approximate surface area is 95.1 Å². The highest BCUT2D eigenvalue weighted by Gasteiger charge is 2.25. The number of rotatable bonds is 5.